The highest BCUT2D eigenvalue weighted by molar-refractivity contribution is 5.89. The molecule has 1 rings (SSSR count). The van der Waals surface area contributed by atoms with Gasteiger partial charge in [0.25, 0.3) is 5.91 Å². The van der Waals surface area contributed by atoms with E-state index in [0.717, 1.165) is 25.0 Å². The van der Waals surface area contributed by atoms with Crippen molar-refractivity contribution in [3.63, 3.8) is 0 Å². The van der Waals surface area contributed by atoms with Gasteiger partial charge in [-0.25, -0.2) is 10.3 Å². The molecule has 1 atom stereocenters. The average molecular weight is 527 g/mol. The Morgan fingerprint density at radius 2 is 1.46 bits per heavy atom. The van der Waals surface area contributed by atoms with E-state index >= 15 is 0 Å². The number of unbranched alkanes of at least 4 members (excludes halogenated alkanes) is 1. The molecule has 0 saturated carbocycles. The van der Waals surface area contributed by atoms with Gasteiger partial charge in [0.05, 0.1) is 46.1 Å². The van der Waals surface area contributed by atoms with Crippen LogP contribution in [-0.2, 0) is 44.7 Å². The molecule has 0 spiro atoms. The van der Waals surface area contributed by atoms with Gasteiger partial charge in [0.1, 0.15) is 18.2 Å². The Bertz CT molecular complexity index is 769. The molecule has 210 valence electrons. The van der Waals surface area contributed by atoms with Gasteiger partial charge in [-0.1, -0.05) is 43.7 Å². The summed E-state index contributed by atoms with van der Waals surface area (Å²) in [6, 6.07) is 7.85. The molecule has 1 aromatic rings. The number of benzene rings is 1. The maximum atomic E-state index is 12.6. The van der Waals surface area contributed by atoms with Crippen molar-refractivity contribution in [1.82, 2.24) is 10.8 Å². The van der Waals surface area contributed by atoms with Crippen molar-refractivity contribution in [1.29, 1.82) is 0 Å². The molecule has 0 aliphatic carbocycles. The molecular weight excluding hydrogens is 484 g/mol. The molecular formula is C26H42N2O9. The van der Waals surface area contributed by atoms with Crippen LogP contribution < -0.4 is 10.8 Å². The van der Waals surface area contributed by atoms with Crippen LogP contribution >= 0.6 is 0 Å². The van der Waals surface area contributed by atoms with E-state index < -0.39 is 36.0 Å². The van der Waals surface area contributed by atoms with E-state index in [4.69, 9.17) is 28.5 Å². The number of hydrogen-bond donors (Lipinski definition) is 2. The van der Waals surface area contributed by atoms with E-state index in [2.05, 4.69) is 17.7 Å². The average Bonchev–Trinajstić information content (AvgIpc) is 2.84. The molecule has 11 nitrogen and oxygen atoms in total. The highest BCUT2D eigenvalue weighted by atomic mass is 16.7. The zero-order chi connectivity index (χ0) is 27.4. The Kier molecular flexibility index (Phi) is 16.9. The SMILES string of the molecule is CCCCOCCOCCOCCONC(=O)[C@H](CC(=O)OCc1ccccc1)NC(=O)OC(C)(C)C. The van der Waals surface area contributed by atoms with Crippen molar-refractivity contribution in [2.45, 2.75) is 65.2 Å². The predicted octanol–water partition coefficient (Wildman–Crippen LogP) is 2.91. The third-order valence-electron chi connectivity index (χ3n) is 4.51. The Hall–Kier alpha value is -2.73. The quantitative estimate of drug-likeness (QED) is 0.159. The van der Waals surface area contributed by atoms with E-state index in [9.17, 15) is 14.4 Å². The van der Waals surface area contributed by atoms with Crippen molar-refractivity contribution in [2.75, 3.05) is 46.2 Å². The highest BCUT2D eigenvalue weighted by Gasteiger charge is 2.27. The minimum Gasteiger partial charge on any atom is -0.461 e. The van der Waals surface area contributed by atoms with Crippen LogP contribution in [0.1, 0.15) is 52.5 Å². The number of amides is 2. The molecule has 11 heteroatoms. The molecule has 0 heterocycles. The predicted molar refractivity (Wildman–Crippen MR) is 135 cm³/mol. The summed E-state index contributed by atoms with van der Waals surface area (Å²) >= 11 is 0. The minimum atomic E-state index is -1.26. The standard InChI is InChI=1S/C26H42N2O9/c1-5-6-12-32-13-14-33-15-16-34-17-18-36-28-24(30)22(27-25(31)37-26(2,3)4)19-23(29)35-20-21-10-8-7-9-11-21/h7-11,22H,5-6,12-20H2,1-4H3,(H,27,31)(H,28,30)/t22-/m0/s1. The monoisotopic (exact) mass is 526 g/mol. The highest BCUT2D eigenvalue weighted by Crippen LogP contribution is 2.08. The van der Waals surface area contributed by atoms with Gasteiger partial charge in [-0.2, -0.15) is 0 Å². The molecule has 0 bridgehead atoms. The number of esters is 1. The van der Waals surface area contributed by atoms with Gasteiger partial charge < -0.3 is 29.0 Å². The van der Waals surface area contributed by atoms with Gasteiger partial charge in [-0.15, -0.1) is 0 Å². The zero-order valence-electron chi connectivity index (χ0n) is 22.4. The van der Waals surface area contributed by atoms with Crippen molar-refractivity contribution < 1.29 is 42.9 Å². The number of alkyl carbamates (subject to hydrolysis) is 1. The lowest BCUT2D eigenvalue weighted by Gasteiger charge is -2.23. The van der Waals surface area contributed by atoms with Crippen LogP contribution in [0.5, 0.6) is 0 Å². The second kappa shape index (κ2) is 19.4. The van der Waals surface area contributed by atoms with Crippen LogP contribution in [0.2, 0.25) is 0 Å². The van der Waals surface area contributed by atoms with Gasteiger partial charge in [-0.05, 0) is 32.8 Å². The summed E-state index contributed by atoms with van der Waals surface area (Å²) in [5.41, 5.74) is 2.24. The van der Waals surface area contributed by atoms with Crippen LogP contribution in [0.4, 0.5) is 4.79 Å². The molecule has 0 radical (unpaired) electrons. The Morgan fingerprint density at radius 1 is 0.865 bits per heavy atom. The fraction of sp³-hybridized carbons (Fsp3) is 0.654. The maximum absolute atomic E-state index is 12.6. The Morgan fingerprint density at radius 3 is 2.05 bits per heavy atom. The van der Waals surface area contributed by atoms with E-state index in [1.165, 1.54) is 0 Å². The van der Waals surface area contributed by atoms with Gasteiger partial charge in [0.15, 0.2) is 0 Å². The summed E-state index contributed by atoms with van der Waals surface area (Å²) in [5.74, 6) is -1.40. The Balaban J connectivity index is 2.34. The smallest absolute Gasteiger partial charge is 0.408 e. The largest absolute Gasteiger partial charge is 0.461 e. The van der Waals surface area contributed by atoms with Crippen molar-refractivity contribution in [3.05, 3.63) is 35.9 Å². The van der Waals surface area contributed by atoms with Gasteiger partial charge in [0.2, 0.25) is 0 Å². The number of hydrogen-bond acceptors (Lipinski definition) is 9. The number of hydroxylamine groups is 1. The molecule has 0 aliphatic rings. The summed E-state index contributed by atoms with van der Waals surface area (Å²) in [6.07, 6.45) is 0.884. The fourth-order valence-electron chi connectivity index (χ4n) is 2.70. The number of rotatable bonds is 19. The first kappa shape index (κ1) is 32.3. The van der Waals surface area contributed by atoms with Crippen molar-refractivity contribution in [3.8, 4) is 0 Å². The first-order valence-electron chi connectivity index (χ1n) is 12.5. The third-order valence-corrected chi connectivity index (χ3v) is 4.51. The fourth-order valence-corrected chi connectivity index (χ4v) is 2.70. The first-order valence-corrected chi connectivity index (χ1v) is 12.5. The van der Waals surface area contributed by atoms with Crippen LogP contribution in [0.25, 0.3) is 0 Å². The molecule has 37 heavy (non-hydrogen) atoms. The number of carbonyl (C=O) groups is 3. The van der Waals surface area contributed by atoms with E-state index in [1.54, 1.807) is 20.8 Å². The lowest BCUT2D eigenvalue weighted by molar-refractivity contribution is -0.149. The van der Waals surface area contributed by atoms with Gasteiger partial charge in [0, 0.05) is 6.61 Å². The molecule has 0 aromatic heterocycles. The summed E-state index contributed by atoms with van der Waals surface area (Å²) in [6.45, 7) is 10.0. The van der Waals surface area contributed by atoms with E-state index in [-0.39, 0.29) is 19.8 Å². The first-order chi connectivity index (χ1) is 17.7. The number of carbonyl (C=O) groups excluding carboxylic acids is 3. The molecule has 1 aromatic carbocycles. The number of ether oxygens (including phenoxy) is 5. The Labute approximate surface area is 219 Å². The maximum Gasteiger partial charge on any atom is 0.408 e. The van der Waals surface area contributed by atoms with Crippen molar-refractivity contribution in [2.24, 2.45) is 0 Å². The van der Waals surface area contributed by atoms with Crippen LogP contribution in [-0.4, -0.2) is 75.9 Å². The molecule has 0 unspecified atom stereocenters. The second-order valence-electron chi connectivity index (χ2n) is 9.05. The molecule has 0 saturated heterocycles. The molecule has 2 amide bonds. The van der Waals surface area contributed by atoms with Crippen molar-refractivity contribution >= 4 is 18.0 Å². The summed E-state index contributed by atoms with van der Waals surface area (Å²) in [7, 11) is 0. The van der Waals surface area contributed by atoms with E-state index in [1.807, 2.05) is 30.3 Å². The summed E-state index contributed by atoms with van der Waals surface area (Å²) in [5, 5.41) is 2.39. The number of nitrogens with one attached hydrogen (secondary N) is 2. The lowest BCUT2D eigenvalue weighted by atomic mass is 10.2. The lowest BCUT2D eigenvalue weighted by Crippen LogP contribution is -2.49. The summed E-state index contributed by atoms with van der Waals surface area (Å²) in [4.78, 5) is 42.2. The van der Waals surface area contributed by atoms with Gasteiger partial charge >= 0.3 is 12.1 Å². The molecule has 0 aliphatic heterocycles. The third kappa shape index (κ3) is 18.2. The van der Waals surface area contributed by atoms with E-state index in [0.29, 0.717) is 26.4 Å². The van der Waals surface area contributed by atoms with Crippen LogP contribution in [0, 0.1) is 0 Å². The normalized spacial score (nSPS) is 12.0. The van der Waals surface area contributed by atoms with Crippen LogP contribution in [0.15, 0.2) is 30.3 Å². The van der Waals surface area contributed by atoms with Gasteiger partial charge in [-0.3, -0.25) is 14.4 Å². The summed E-state index contributed by atoms with van der Waals surface area (Å²) < 4.78 is 26.6. The zero-order valence-corrected chi connectivity index (χ0v) is 22.4. The minimum absolute atomic E-state index is 0.0455. The second-order valence-corrected chi connectivity index (χ2v) is 9.05. The topological polar surface area (TPSA) is 131 Å². The molecule has 2 N–H and O–H groups in total. The van der Waals surface area contributed by atoms with Crippen LogP contribution in [0.3, 0.4) is 0 Å². The molecule has 0 fully saturated rings.